The van der Waals surface area contributed by atoms with Crippen LogP contribution in [0.2, 0.25) is 0 Å². The van der Waals surface area contributed by atoms with Crippen LogP contribution in [0, 0.1) is 6.92 Å². The Morgan fingerprint density at radius 2 is 1.94 bits per heavy atom. The summed E-state index contributed by atoms with van der Waals surface area (Å²) in [6.45, 7) is 9.17. The number of hydrogen-bond donors (Lipinski definition) is 1. The van der Waals surface area contributed by atoms with Gasteiger partial charge in [-0.05, 0) is 49.1 Å². The number of methoxy groups -OCH3 is 1. The van der Waals surface area contributed by atoms with Gasteiger partial charge in [0.05, 0.1) is 12.9 Å². The highest BCUT2D eigenvalue weighted by Gasteiger charge is 2.16. The second-order valence-electron chi connectivity index (χ2n) is 7.66. The lowest BCUT2D eigenvalue weighted by Gasteiger charge is -2.13. The third-order valence-corrected chi connectivity index (χ3v) is 5.94. The molecule has 7 nitrogen and oxygen atoms in total. The van der Waals surface area contributed by atoms with Gasteiger partial charge in [-0.2, -0.15) is 0 Å². The van der Waals surface area contributed by atoms with Gasteiger partial charge in [0.2, 0.25) is 5.91 Å². The lowest BCUT2D eigenvalue weighted by molar-refractivity contribution is -0.113. The highest BCUT2D eigenvalue weighted by Crippen LogP contribution is 2.29. The smallest absolute Gasteiger partial charge is 0.234 e. The molecule has 32 heavy (non-hydrogen) atoms. The molecule has 0 radical (unpaired) electrons. The highest BCUT2D eigenvalue weighted by molar-refractivity contribution is 7.99. The quantitative estimate of drug-likeness (QED) is 0.432. The molecule has 2 aromatic carbocycles. The van der Waals surface area contributed by atoms with E-state index in [1.54, 1.807) is 7.11 Å². The minimum atomic E-state index is -0.0732. The van der Waals surface area contributed by atoms with Crippen molar-refractivity contribution in [1.82, 2.24) is 14.8 Å². The van der Waals surface area contributed by atoms with Crippen LogP contribution in [0.4, 0.5) is 5.69 Å². The average molecular weight is 455 g/mol. The van der Waals surface area contributed by atoms with Crippen molar-refractivity contribution in [2.45, 2.75) is 51.9 Å². The third-order valence-electron chi connectivity index (χ3n) is 4.97. The summed E-state index contributed by atoms with van der Waals surface area (Å²) in [5.74, 6) is 2.54. The first-order valence-electron chi connectivity index (χ1n) is 10.6. The molecule has 170 valence electrons. The SMILES string of the molecule is CCn1c(COc2ccc(C)cc2OC)nnc1SCC(=O)Nc1ccccc1C(C)C. The zero-order chi connectivity index (χ0) is 23.1. The number of aromatic nitrogens is 3. The van der Waals surface area contributed by atoms with Crippen LogP contribution >= 0.6 is 11.8 Å². The van der Waals surface area contributed by atoms with E-state index in [1.807, 2.05) is 60.9 Å². The summed E-state index contributed by atoms with van der Waals surface area (Å²) in [5, 5.41) is 12.2. The molecular formula is C24H30N4O3S. The van der Waals surface area contributed by atoms with Gasteiger partial charge in [0.15, 0.2) is 22.5 Å². The maximum atomic E-state index is 12.5. The van der Waals surface area contributed by atoms with Crippen molar-refractivity contribution in [3.63, 3.8) is 0 Å². The molecule has 0 aliphatic rings. The van der Waals surface area contributed by atoms with E-state index < -0.39 is 0 Å². The van der Waals surface area contributed by atoms with Crippen molar-refractivity contribution in [2.75, 3.05) is 18.2 Å². The standard InChI is InChI=1S/C24H30N4O3S/c1-6-28-22(14-31-20-12-11-17(4)13-21(20)30-5)26-27-24(28)32-15-23(29)25-19-10-8-7-9-18(19)16(2)3/h7-13,16H,6,14-15H2,1-5H3,(H,25,29). The lowest BCUT2D eigenvalue weighted by atomic mass is 10.0. The van der Waals surface area contributed by atoms with Crippen molar-refractivity contribution < 1.29 is 14.3 Å². The average Bonchev–Trinajstić information content (AvgIpc) is 3.18. The number of carbonyl (C=O) groups is 1. The molecule has 0 unspecified atom stereocenters. The molecule has 3 rings (SSSR count). The Balaban J connectivity index is 1.62. The summed E-state index contributed by atoms with van der Waals surface area (Å²) in [7, 11) is 1.62. The fraction of sp³-hybridized carbons (Fsp3) is 0.375. The molecule has 3 aromatic rings. The Kier molecular flexibility index (Phi) is 8.16. The second-order valence-corrected chi connectivity index (χ2v) is 8.61. The number of ether oxygens (including phenoxy) is 2. The molecule has 0 bridgehead atoms. The first kappa shape index (κ1) is 23.7. The van der Waals surface area contributed by atoms with Gasteiger partial charge in [0, 0.05) is 12.2 Å². The van der Waals surface area contributed by atoms with Crippen LogP contribution in [0.15, 0.2) is 47.6 Å². The van der Waals surface area contributed by atoms with Crippen LogP contribution in [-0.4, -0.2) is 33.5 Å². The Bertz CT molecular complexity index is 1070. The molecule has 0 saturated heterocycles. The molecule has 1 N–H and O–H groups in total. The van der Waals surface area contributed by atoms with E-state index in [9.17, 15) is 4.79 Å². The fourth-order valence-corrected chi connectivity index (χ4v) is 4.14. The van der Waals surface area contributed by atoms with E-state index in [0.29, 0.717) is 34.9 Å². The van der Waals surface area contributed by atoms with Crippen molar-refractivity contribution in [3.8, 4) is 11.5 Å². The van der Waals surface area contributed by atoms with Crippen molar-refractivity contribution in [1.29, 1.82) is 0 Å². The summed E-state index contributed by atoms with van der Waals surface area (Å²) < 4.78 is 13.3. The molecule has 1 heterocycles. The number of hydrogen-bond acceptors (Lipinski definition) is 6. The maximum Gasteiger partial charge on any atom is 0.234 e. The van der Waals surface area contributed by atoms with E-state index in [4.69, 9.17) is 9.47 Å². The number of benzene rings is 2. The molecule has 0 atom stereocenters. The molecule has 1 aromatic heterocycles. The normalized spacial score (nSPS) is 10.9. The maximum absolute atomic E-state index is 12.5. The molecular weight excluding hydrogens is 424 g/mol. The number of aryl methyl sites for hydroxylation is 1. The highest BCUT2D eigenvalue weighted by atomic mass is 32.2. The van der Waals surface area contributed by atoms with Gasteiger partial charge in [-0.15, -0.1) is 10.2 Å². The van der Waals surface area contributed by atoms with Gasteiger partial charge in [-0.3, -0.25) is 4.79 Å². The van der Waals surface area contributed by atoms with Crippen molar-refractivity contribution >= 4 is 23.4 Å². The number of anilines is 1. The Labute approximate surface area is 193 Å². The van der Waals surface area contributed by atoms with Crippen LogP contribution in [0.5, 0.6) is 11.5 Å². The summed E-state index contributed by atoms with van der Waals surface area (Å²) in [5.41, 5.74) is 3.07. The number of para-hydroxylation sites is 1. The number of thioether (sulfide) groups is 1. The van der Waals surface area contributed by atoms with E-state index in [2.05, 4.69) is 29.4 Å². The first-order chi connectivity index (χ1) is 15.4. The van der Waals surface area contributed by atoms with Crippen LogP contribution in [0.25, 0.3) is 0 Å². The number of carbonyl (C=O) groups excluding carboxylic acids is 1. The van der Waals surface area contributed by atoms with Crippen LogP contribution in [0.1, 0.15) is 43.6 Å². The van der Waals surface area contributed by atoms with Crippen LogP contribution in [-0.2, 0) is 17.9 Å². The van der Waals surface area contributed by atoms with Crippen molar-refractivity contribution in [3.05, 3.63) is 59.4 Å². The molecule has 0 saturated carbocycles. The molecule has 0 aliphatic heterocycles. The summed E-state index contributed by atoms with van der Waals surface area (Å²) in [4.78, 5) is 12.5. The number of nitrogens with one attached hydrogen (secondary N) is 1. The van der Waals surface area contributed by atoms with E-state index >= 15 is 0 Å². The van der Waals surface area contributed by atoms with Gasteiger partial charge >= 0.3 is 0 Å². The fourth-order valence-electron chi connectivity index (χ4n) is 3.32. The number of rotatable bonds is 10. The van der Waals surface area contributed by atoms with Gasteiger partial charge in [-0.25, -0.2) is 0 Å². The van der Waals surface area contributed by atoms with E-state index in [-0.39, 0.29) is 18.3 Å². The number of nitrogens with zero attached hydrogens (tertiary/aromatic N) is 3. The monoisotopic (exact) mass is 454 g/mol. The lowest BCUT2D eigenvalue weighted by Crippen LogP contribution is -2.16. The van der Waals surface area contributed by atoms with E-state index in [0.717, 1.165) is 16.8 Å². The van der Waals surface area contributed by atoms with Gasteiger partial charge in [0.1, 0.15) is 6.61 Å². The van der Waals surface area contributed by atoms with Gasteiger partial charge in [-0.1, -0.05) is 49.9 Å². The van der Waals surface area contributed by atoms with Crippen molar-refractivity contribution in [2.24, 2.45) is 0 Å². The molecule has 0 spiro atoms. The van der Waals surface area contributed by atoms with E-state index in [1.165, 1.54) is 11.8 Å². The Morgan fingerprint density at radius 3 is 2.66 bits per heavy atom. The zero-order valence-corrected chi connectivity index (χ0v) is 20.0. The molecule has 0 aliphatic carbocycles. The predicted molar refractivity (Wildman–Crippen MR) is 128 cm³/mol. The van der Waals surface area contributed by atoms with Gasteiger partial charge in [0.25, 0.3) is 0 Å². The Morgan fingerprint density at radius 1 is 1.16 bits per heavy atom. The molecule has 0 fully saturated rings. The predicted octanol–water partition coefficient (Wildman–Crippen LogP) is 5.05. The molecule has 1 amide bonds. The van der Waals surface area contributed by atoms with Crippen LogP contribution in [0.3, 0.4) is 0 Å². The second kappa shape index (κ2) is 11.0. The van der Waals surface area contributed by atoms with Gasteiger partial charge < -0.3 is 19.4 Å². The third kappa shape index (κ3) is 5.82. The summed E-state index contributed by atoms with van der Waals surface area (Å²) in [6.07, 6.45) is 0. The van der Waals surface area contributed by atoms with Crippen LogP contribution < -0.4 is 14.8 Å². The first-order valence-corrected chi connectivity index (χ1v) is 11.6. The minimum Gasteiger partial charge on any atom is -0.493 e. The summed E-state index contributed by atoms with van der Waals surface area (Å²) >= 11 is 1.36. The summed E-state index contributed by atoms with van der Waals surface area (Å²) in [6, 6.07) is 13.7. The minimum absolute atomic E-state index is 0.0732. The zero-order valence-electron chi connectivity index (χ0n) is 19.2. The topological polar surface area (TPSA) is 78.3 Å². The Hall–Kier alpha value is -3.00. The largest absolute Gasteiger partial charge is 0.493 e. The number of amides is 1. The molecule has 8 heteroatoms.